The first-order valence-corrected chi connectivity index (χ1v) is 11.7. The molecule has 0 amide bonds. The van der Waals surface area contributed by atoms with Crippen molar-refractivity contribution in [3.8, 4) is 0 Å². The van der Waals surface area contributed by atoms with E-state index in [1.807, 2.05) is 31.1 Å². The Morgan fingerprint density at radius 3 is 2.28 bits per heavy atom. The summed E-state index contributed by atoms with van der Waals surface area (Å²) >= 11 is 1.54. The van der Waals surface area contributed by atoms with E-state index in [9.17, 15) is 30.3 Å². The lowest BCUT2D eigenvalue weighted by atomic mass is 10.2. The summed E-state index contributed by atoms with van der Waals surface area (Å²) in [6.45, 7) is 1.01. The van der Waals surface area contributed by atoms with Crippen molar-refractivity contribution in [2.24, 2.45) is 0 Å². The highest BCUT2D eigenvalue weighted by Gasteiger charge is 2.26. The minimum absolute atomic E-state index is 0.0264. The molecule has 0 aliphatic heterocycles. The van der Waals surface area contributed by atoms with Gasteiger partial charge in [0.05, 0.1) is 33.1 Å². The number of nitrogens with zero attached hydrogens (tertiary/aromatic N) is 5. The van der Waals surface area contributed by atoms with Crippen molar-refractivity contribution in [2.45, 2.75) is 12.3 Å². The summed E-state index contributed by atoms with van der Waals surface area (Å²) in [7, 11) is 3.89. The molecule has 0 aliphatic rings. The van der Waals surface area contributed by atoms with Crippen molar-refractivity contribution in [1.29, 1.82) is 0 Å². The lowest BCUT2D eigenvalue weighted by Crippen LogP contribution is -2.09. The molecule has 14 nitrogen and oxygen atoms in total. The molecule has 2 N–H and O–H groups in total. The molecule has 0 unspecified atom stereocenters. The van der Waals surface area contributed by atoms with E-state index < -0.39 is 31.8 Å². The number of nitro groups is 3. The van der Waals surface area contributed by atoms with Gasteiger partial charge in [-0.1, -0.05) is 0 Å². The smallest absolute Gasteiger partial charge is 0.311 e. The van der Waals surface area contributed by atoms with Crippen molar-refractivity contribution in [3.05, 3.63) is 84.5 Å². The molecular formula is C21H23N7O7S. The van der Waals surface area contributed by atoms with Crippen LogP contribution in [0.2, 0.25) is 0 Å². The number of benzene rings is 1. The van der Waals surface area contributed by atoms with Crippen molar-refractivity contribution in [3.63, 3.8) is 0 Å². The number of rotatable bonds is 13. The molecule has 3 aromatic rings. The van der Waals surface area contributed by atoms with E-state index in [0.717, 1.165) is 17.6 Å². The summed E-state index contributed by atoms with van der Waals surface area (Å²) in [5, 5.41) is 39.9. The van der Waals surface area contributed by atoms with Crippen LogP contribution in [-0.4, -0.2) is 51.0 Å². The number of pyridine rings is 1. The third kappa shape index (κ3) is 6.89. The lowest BCUT2D eigenvalue weighted by molar-refractivity contribution is -0.393. The topological polar surface area (TPSA) is 183 Å². The van der Waals surface area contributed by atoms with Gasteiger partial charge in [0.25, 0.3) is 11.4 Å². The Morgan fingerprint density at radius 1 is 0.944 bits per heavy atom. The van der Waals surface area contributed by atoms with Gasteiger partial charge in [-0.05, 0) is 38.4 Å². The molecule has 3 rings (SSSR count). The summed E-state index contributed by atoms with van der Waals surface area (Å²) in [6.07, 6.45) is 1.28. The van der Waals surface area contributed by atoms with E-state index in [1.165, 1.54) is 24.4 Å². The number of thioether (sulfide) groups is 1. The van der Waals surface area contributed by atoms with Gasteiger partial charge in [-0.3, -0.25) is 30.3 Å². The Balaban J connectivity index is 1.73. The number of anilines is 3. The zero-order chi connectivity index (χ0) is 26.2. The first-order valence-electron chi connectivity index (χ1n) is 10.5. The number of hydrogen-bond acceptors (Lipinski definition) is 12. The zero-order valence-corrected chi connectivity index (χ0v) is 20.2. The monoisotopic (exact) mass is 517 g/mol. The Labute approximate surface area is 209 Å². The molecule has 0 saturated heterocycles. The van der Waals surface area contributed by atoms with E-state index in [4.69, 9.17) is 4.42 Å². The van der Waals surface area contributed by atoms with Crippen molar-refractivity contribution in [2.75, 3.05) is 37.0 Å². The molecule has 0 saturated carbocycles. The number of furan rings is 1. The second kappa shape index (κ2) is 11.9. The number of nitro benzene ring substituents is 2. The lowest BCUT2D eigenvalue weighted by Gasteiger charge is -2.11. The summed E-state index contributed by atoms with van der Waals surface area (Å²) in [5.41, 5.74) is -1.66. The summed E-state index contributed by atoms with van der Waals surface area (Å²) in [5.74, 6) is 2.60. The molecule has 0 bridgehead atoms. The molecule has 0 radical (unpaired) electrons. The molecule has 15 heteroatoms. The van der Waals surface area contributed by atoms with E-state index in [0.29, 0.717) is 24.6 Å². The van der Waals surface area contributed by atoms with Crippen LogP contribution in [0.15, 0.2) is 47.0 Å². The summed E-state index contributed by atoms with van der Waals surface area (Å²) in [4.78, 5) is 38.0. The van der Waals surface area contributed by atoms with Gasteiger partial charge in [0.1, 0.15) is 22.9 Å². The average Bonchev–Trinajstić information content (AvgIpc) is 3.25. The van der Waals surface area contributed by atoms with Gasteiger partial charge in [0.15, 0.2) is 0 Å². The highest BCUT2D eigenvalue weighted by atomic mass is 32.2. The predicted molar refractivity (Wildman–Crippen MR) is 135 cm³/mol. The molecule has 36 heavy (non-hydrogen) atoms. The fraction of sp³-hybridized carbons (Fsp3) is 0.286. The van der Waals surface area contributed by atoms with E-state index >= 15 is 0 Å². The summed E-state index contributed by atoms with van der Waals surface area (Å²) < 4.78 is 5.75. The van der Waals surface area contributed by atoms with E-state index in [1.54, 1.807) is 11.8 Å². The maximum absolute atomic E-state index is 11.6. The second-order valence-corrected chi connectivity index (χ2v) is 8.84. The number of aromatic nitrogens is 1. The average molecular weight is 518 g/mol. The molecule has 190 valence electrons. The van der Waals surface area contributed by atoms with Crippen LogP contribution in [0.1, 0.15) is 11.5 Å². The SMILES string of the molecule is CN(C)Cc1ccc(CSCCNc2cc(Nc3ncccc3[N+](=O)[O-])c([N+](=O)[O-])cc2[N+](=O)[O-])o1. The van der Waals surface area contributed by atoms with Gasteiger partial charge in [-0.25, -0.2) is 4.98 Å². The second-order valence-electron chi connectivity index (χ2n) is 7.74. The van der Waals surface area contributed by atoms with Gasteiger partial charge in [-0.15, -0.1) is 0 Å². The molecule has 0 atom stereocenters. The minimum atomic E-state index is -0.808. The predicted octanol–water partition coefficient (Wildman–Crippen LogP) is 4.55. The molecule has 0 aliphatic carbocycles. The minimum Gasteiger partial charge on any atom is -0.464 e. The van der Waals surface area contributed by atoms with Crippen LogP contribution < -0.4 is 10.6 Å². The van der Waals surface area contributed by atoms with Crippen LogP contribution in [-0.2, 0) is 12.3 Å². The number of nitrogens with one attached hydrogen (secondary N) is 2. The van der Waals surface area contributed by atoms with Crippen molar-refractivity contribution < 1.29 is 19.2 Å². The summed E-state index contributed by atoms with van der Waals surface area (Å²) in [6, 6.07) is 8.33. The molecule has 2 heterocycles. The Bertz CT molecular complexity index is 1270. The van der Waals surface area contributed by atoms with Crippen molar-refractivity contribution >= 4 is 46.0 Å². The molecule has 2 aromatic heterocycles. The fourth-order valence-corrected chi connectivity index (χ4v) is 3.96. The zero-order valence-electron chi connectivity index (χ0n) is 19.4. The fourth-order valence-electron chi connectivity index (χ4n) is 3.22. The molecule has 1 aromatic carbocycles. The molecule has 0 spiro atoms. The van der Waals surface area contributed by atoms with Crippen LogP contribution in [0.3, 0.4) is 0 Å². The Hall–Kier alpha value is -4.24. The largest absolute Gasteiger partial charge is 0.464 e. The van der Waals surface area contributed by atoms with Crippen LogP contribution in [0.4, 0.5) is 34.3 Å². The van der Waals surface area contributed by atoms with Crippen LogP contribution in [0.5, 0.6) is 0 Å². The molecule has 0 fully saturated rings. The Kier molecular flexibility index (Phi) is 8.75. The quantitative estimate of drug-likeness (QED) is 0.183. The van der Waals surface area contributed by atoms with Crippen LogP contribution in [0.25, 0.3) is 0 Å². The van der Waals surface area contributed by atoms with Crippen LogP contribution in [0, 0.1) is 30.3 Å². The van der Waals surface area contributed by atoms with Gasteiger partial charge in [0, 0.05) is 24.6 Å². The molecular weight excluding hydrogens is 494 g/mol. The highest BCUT2D eigenvalue weighted by Crippen LogP contribution is 2.38. The van der Waals surface area contributed by atoms with Gasteiger partial charge >= 0.3 is 5.69 Å². The maximum Gasteiger partial charge on any atom is 0.311 e. The Morgan fingerprint density at radius 2 is 1.61 bits per heavy atom. The van der Waals surface area contributed by atoms with E-state index in [2.05, 4.69) is 15.6 Å². The number of hydrogen-bond donors (Lipinski definition) is 2. The van der Waals surface area contributed by atoms with Gasteiger partial charge in [0.2, 0.25) is 5.82 Å². The first kappa shape index (κ1) is 26.4. The third-order valence-electron chi connectivity index (χ3n) is 4.74. The van der Waals surface area contributed by atoms with Gasteiger partial charge < -0.3 is 20.0 Å². The van der Waals surface area contributed by atoms with E-state index in [-0.39, 0.29) is 17.2 Å². The third-order valence-corrected chi connectivity index (χ3v) is 5.72. The first-order chi connectivity index (χ1) is 17.2. The standard InChI is InChI=1S/C21H23N7O7S/c1-25(2)12-14-5-6-15(35-14)13-36-9-8-22-16-10-17(20(28(33)34)11-19(16)27(31)32)24-21-18(26(29)30)4-3-7-23-21/h3-7,10-11,22H,8-9,12-13H2,1-2H3,(H,23,24). The maximum atomic E-state index is 11.6. The normalized spacial score (nSPS) is 10.9. The van der Waals surface area contributed by atoms with Crippen molar-refractivity contribution in [1.82, 2.24) is 9.88 Å². The highest BCUT2D eigenvalue weighted by molar-refractivity contribution is 7.98. The van der Waals surface area contributed by atoms with Gasteiger partial charge in [-0.2, -0.15) is 11.8 Å². The van der Waals surface area contributed by atoms with Crippen LogP contribution >= 0.6 is 11.8 Å².